The molecule has 0 fully saturated rings. The molecule has 2 aromatic carbocycles. The third kappa shape index (κ3) is 8.27. The number of sulfonamides is 1. The number of carbonyl (C=O) groups excluding carboxylic acids is 2. The van der Waals surface area contributed by atoms with Crippen molar-refractivity contribution >= 4 is 62.3 Å². The lowest BCUT2D eigenvalue weighted by atomic mass is 10.1. The Morgan fingerprint density at radius 3 is 2.17 bits per heavy atom. The quantitative estimate of drug-likeness (QED) is 0.399. The fourth-order valence-corrected chi connectivity index (χ4v) is 4.88. The zero-order chi connectivity index (χ0) is 26.3. The van der Waals surface area contributed by atoms with Gasteiger partial charge in [0.2, 0.25) is 21.8 Å². The number of nitrogens with zero attached hydrogens (tertiary/aromatic N) is 2. The molecule has 2 atom stereocenters. The molecule has 11 heteroatoms. The summed E-state index contributed by atoms with van der Waals surface area (Å²) < 4.78 is 26.2. The van der Waals surface area contributed by atoms with Crippen LogP contribution in [0.25, 0.3) is 0 Å². The number of halogens is 3. The van der Waals surface area contributed by atoms with Gasteiger partial charge < -0.3 is 10.2 Å². The van der Waals surface area contributed by atoms with Crippen LogP contribution in [-0.4, -0.2) is 56.6 Å². The SMILES string of the molecule is CC[C@@H](C)NC(=O)[C@H](C)N(CCc1ccccc1)C(=O)CN(c1cc(Cl)c(Cl)cc1Cl)S(C)(=O)=O. The number of amides is 2. The van der Waals surface area contributed by atoms with Crippen molar-refractivity contribution in [2.75, 3.05) is 23.7 Å². The van der Waals surface area contributed by atoms with E-state index in [1.54, 1.807) is 6.92 Å². The molecule has 0 radical (unpaired) electrons. The van der Waals surface area contributed by atoms with Crippen molar-refractivity contribution < 1.29 is 18.0 Å². The molecular formula is C24H30Cl3N3O4S. The molecule has 0 aliphatic heterocycles. The number of hydrogen-bond donors (Lipinski definition) is 1. The first-order chi connectivity index (χ1) is 16.3. The Balaban J connectivity index is 2.38. The van der Waals surface area contributed by atoms with Gasteiger partial charge in [0.1, 0.15) is 12.6 Å². The largest absolute Gasteiger partial charge is 0.352 e. The van der Waals surface area contributed by atoms with Crippen molar-refractivity contribution in [1.82, 2.24) is 10.2 Å². The van der Waals surface area contributed by atoms with E-state index in [9.17, 15) is 18.0 Å². The maximum absolute atomic E-state index is 13.5. The van der Waals surface area contributed by atoms with Gasteiger partial charge in [0.25, 0.3) is 0 Å². The Labute approximate surface area is 222 Å². The van der Waals surface area contributed by atoms with Crippen molar-refractivity contribution in [2.45, 2.75) is 45.7 Å². The van der Waals surface area contributed by atoms with Crippen LogP contribution in [0.5, 0.6) is 0 Å². The monoisotopic (exact) mass is 561 g/mol. The van der Waals surface area contributed by atoms with E-state index in [0.717, 1.165) is 22.5 Å². The average molecular weight is 563 g/mol. The van der Waals surface area contributed by atoms with Crippen LogP contribution in [0.4, 0.5) is 5.69 Å². The van der Waals surface area contributed by atoms with Gasteiger partial charge in [-0.05, 0) is 44.4 Å². The fourth-order valence-electron chi connectivity index (χ4n) is 3.33. The van der Waals surface area contributed by atoms with Crippen molar-refractivity contribution in [3.8, 4) is 0 Å². The maximum Gasteiger partial charge on any atom is 0.244 e. The van der Waals surface area contributed by atoms with E-state index in [1.165, 1.54) is 17.0 Å². The molecule has 0 aromatic heterocycles. The van der Waals surface area contributed by atoms with Crippen molar-refractivity contribution in [1.29, 1.82) is 0 Å². The maximum atomic E-state index is 13.5. The molecule has 7 nitrogen and oxygen atoms in total. The highest BCUT2D eigenvalue weighted by molar-refractivity contribution is 7.92. The highest BCUT2D eigenvalue weighted by Gasteiger charge is 2.31. The van der Waals surface area contributed by atoms with E-state index in [2.05, 4.69) is 5.32 Å². The predicted molar refractivity (Wildman–Crippen MR) is 143 cm³/mol. The van der Waals surface area contributed by atoms with E-state index < -0.39 is 28.5 Å². The van der Waals surface area contributed by atoms with Crippen LogP contribution >= 0.6 is 34.8 Å². The summed E-state index contributed by atoms with van der Waals surface area (Å²) in [5.74, 6) is -0.875. The lowest BCUT2D eigenvalue weighted by Crippen LogP contribution is -2.53. The highest BCUT2D eigenvalue weighted by atomic mass is 35.5. The predicted octanol–water partition coefficient (Wildman–Crippen LogP) is 4.79. The summed E-state index contributed by atoms with van der Waals surface area (Å²) in [6.45, 7) is 5.09. The van der Waals surface area contributed by atoms with Gasteiger partial charge in [0.05, 0.1) is 27.0 Å². The van der Waals surface area contributed by atoms with Gasteiger partial charge in [0.15, 0.2) is 0 Å². The third-order valence-electron chi connectivity index (χ3n) is 5.59. The lowest BCUT2D eigenvalue weighted by molar-refractivity contribution is -0.139. The molecule has 0 bridgehead atoms. The zero-order valence-electron chi connectivity index (χ0n) is 20.1. The van der Waals surface area contributed by atoms with E-state index in [-0.39, 0.29) is 39.2 Å². The number of nitrogens with one attached hydrogen (secondary N) is 1. The lowest BCUT2D eigenvalue weighted by Gasteiger charge is -2.32. The minimum absolute atomic E-state index is 0.0241. The highest BCUT2D eigenvalue weighted by Crippen LogP contribution is 2.35. The van der Waals surface area contributed by atoms with Gasteiger partial charge >= 0.3 is 0 Å². The van der Waals surface area contributed by atoms with Crippen LogP contribution in [0, 0.1) is 0 Å². The molecule has 35 heavy (non-hydrogen) atoms. The molecule has 0 aliphatic rings. The van der Waals surface area contributed by atoms with E-state index in [0.29, 0.717) is 6.42 Å². The van der Waals surface area contributed by atoms with Crippen LogP contribution < -0.4 is 9.62 Å². The van der Waals surface area contributed by atoms with E-state index in [4.69, 9.17) is 34.8 Å². The molecule has 0 heterocycles. The van der Waals surface area contributed by atoms with Gasteiger partial charge in [0, 0.05) is 12.6 Å². The number of carbonyl (C=O) groups is 2. The van der Waals surface area contributed by atoms with Gasteiger partial charge in [-0.3, -0.25) is 13.9 Å². The Morgan fingerprint density at radius 2 is 1.60 bits per heavy atom. The summed E-state index contributed by atoms with van der Waals surface area (Å²) in [5.41, 5.74) is 1.00. The summed E-state index contributed by atoms with van der Waals surface area (Å²) in [4.78, 5) is 27.7. The molecule has 2 rings (SSSR count). The second-order valence-electron chi connectivity index (χ2n) is 8.30. The van der Waals surface area contributed by atoms with Gasteiger partial charge in [-0.25, -0.2) is 8.42 Å². The topological polar surface area (TPSA) is 86.8 Å². The summed E-state index contributed by atoms with van der Waals surface area (Å²) in [6.07, 6.45) is 2.18. The normalized spacial score (nSPS) is 13.1. The molecule has 1 N–H and O–H groups in total. The molecule has 0 spiro atoms. The summed E-state index contributed by atoms with van der Waals surface area (Å²) in [6, 6.07) is 11.2. The molecule has 2 amide bonds. The molecule has 0 saturated heterocycles. The first-order valence-electron chi connectivity index (χ1n) is 11.1. The number of rotatable bonds is 11. The van der Waals surface area contributed by atoms with Crippen molar-refractivity contribution in [2.24, 2.45) is 0 Å². The number of benzene rings is 2. The van der Waals surface area contributed by atoms with Crippen LogP contribution in [0.15, 0.2) is 42.5 Å². The average Bonchev–Trinajstić information content (AvgIpc) is 2.79. The first kappa shape index (κ1) is 29.2. The Kier molecular flexibility index (Phi) is 10.7. The smallest absolute Gasteiger partial charge is 0.244 e. The molecule has 0 unspecified atom stereocenters. The summed E-state index contributed by atoms with van der Waals surface area (Å²) >= 11 is 18.3. The van der Waals surface area contributed by atoms with E-state index in [1.807, 2.05) is 44.2 Å². The van der Waals surface area contributed by atoms with Crippen molar-refractivity contribution in [3.63, 3.8) is 0 Å². The van der Waals surface area contributed by atoms with Crippen LogP contribution in [0.2, 0.25) is 15.1 Å². The van der Waals surface area contributed by atoms with Crippen LogP contribution in [0.3, 0.4) is 0 Å². The van der Waals surface area contributed by atoms with Gasteiger partial charge in [-0.1, -0.05) is 72.1 Å². The molecule has 0 saturated carbocycles. The van der Waals surface area contributed by atoms with Crippen LogP contribution in [-0.2, 0) is 26.0 Å². The molecule has 2 aromatic rings. The summed E-state index contributed by atoms with van der Waals surface area (Å²) in [7, 11) is -3.94. The molecular weight excluding hydrogens is 533 g/mol. The molecule has 192 valence electrons. The van der Waals surface area contributed by atoms with E-state index >= 15 is 0 Å². The second kappa shape index (κ2) is 12.8. The number of hydrogen-bond acceptors (Lipinski definition) is 4. The minimum atomic E-state index is -3.94. The van der Waals surface area contributed by atoms with Gasteiger partial charge in [-0.2, -0.15) is 0 Å². The van der Waals surface area contributed by atoms with Crippen molar-refractivity contribution in [3.05, 3.63) is 63.1 Å². The van der Waals surface area contributed by atoms with Gasteiger partial charge in [-0.15, -0.1) is 0 Å². The Hall–Kier alpha value is -2.00. The third-order valence-corrected chi connectivity index (χ3v) is 7.74. The summed E-state index contributed by atoms with van der Waals surface area (Å²) in [5, 5.41) is 3.15. The van der Waals surface area contributed by atoms with Crippen LogP contribution in [0.1, 0.15) is 32.8 Å². The Morgan fingerprint density at radius 1 is 1.00 bits per heavy atom. The first-order valence-corrected chi connectivity index (χ1v) is 14.1. The standard InChI is InChI=1S/C24H30Cl3N3O4S/c1-5-16(2)28-24(32)17(3)29(12-11-18-9-7-6-8-10-18)23(31)15-30(35(4,33)34)22-14-20(26)19(25)13-21(22)27/h6-10,13-14,16-17H,5,11-12,15H2,1-4H3,(H,28,32)/t16-,17+/m1/s1. The second-order valence-corrected chi connectivity index (χ2v) is 11.4. The number of anilines is 1. The Bertz CT molecular complexity index is 1150. The fraction of sp³-hybridized carbons (Fsp3) is 0.417. The minimum Gasteiger partial charge on any atom is -0.352 e. The zero-order valence-corrected chi connectivity index (χ0v) is 23.2. The molecule has 0 aliphatic carbocycles.